The highest BCUT2D eigenvalue weighted by atomic mass is 35.5. The Labute approximate surface area is 167 Å². The highest BCUT2D eigenvalue weighted by Crippen LogP contribution is 2.25. The third-order valence-electron chi connectivity index (χ3n) is 4.47. The standard InChI is InChI=1S/C20H16Cl2N4O/c21-16-6-5-15(11-17(16)22)24-19(27)18-7-9-23-20(25-18)26-10-8-13-3-1-2-4-14(13)12-26/h1-7,9,11H,8,10,12H2,(H,24,27). The van der Waals surface area contributed by atoms with Crippen molar-refractivity contribution in [3.8, 4) is 0 Å². The van der Waals surface area contributed by atoms with E-state index in [2.05, 4.69) is 38.4 Å². The lowest BCUT2D eigenvalue weighted by molar-refractivity contribution is 0.102. The van der Waals surface area contributed by atoms with E-state index in [9.17, 15) is 4.79 Å². The van der Waals surface area contributed by atoms with Crippen LogP contribution >= 0.6 is 23.2 Å². The molecule has 0 aliphatic carbocycles. The number of amides is 1. The van der Waals surface area contributed by atoms with Gasteiger partial charge in [0.2, 0.25) is 5.95 Å². The van der Waals surface area contributed by atoms with Gasteiger partial charge in [-0.1, -0.05) is 47.5 Å². The molecule has 136 valence electrons. The maximum absolute atomic E-state index is 12.5. The number of carbonyl (C=O) groups is 1. The normalized spacial score (nSPS) is 13.2. The van der Waals surface area contributed by atoms with Gasteiger partial charge in [0.05, 0.1) is 10.0 Å². The van der Waals surface area contributed by atoms with E-state index >= 15 is 0 Å². The van der Waals surface area contributed by atoms with Gasteiger partial charge in [-0.2, -0.15) is 0 Å². The molecular weight excluding hydrogens is 383 g/mol. The molecule has 1 aliphatic heterocycles. The number of carbonyl (C=O) groups excluding carboxylic acids is 1. The van der Waals surface area contributed by atoms with E-state index in [4.69, 9.17) is 23.2 Å². The van der Waals surface area contributed by atoms with Crippen molar-refractivity contribution in [1.82, 2.24) is 9.97 Å². The molecule has 2 aromatic carbocycles. The summed E-state index contributed by atoms with van der Waals surface area (Å²) in [4.78, 5) is 23.4. The molecule has 0 saturated heterocycles. The number of anilines is 2. The van der Waals surface area contributed by atoms with Gasteiger partial charge in [-0.3, -0.25) is 4.79 Å². The van der Waals surface area contributed by atoms with Gasteiger partial charge in [-0.15, -0.1) is 0 Å². The molecule has 2 heterocycles. The van der Waals surface area contributed by atoms with Crippen LogP contribution < -0.4 is 10.2 Å². The molecule has 0 spiro atoms. The first kappa shape index (κ1) is 17.8. The predicted octanol–water partition coefficient (Wildman–Crippen LogP) is 4.60. The summed E-state index contributed by atoms with van der Waals surface area (Å²) in [6.07, 6.45) is 2.53. The van der Waals surface area contributed by atoms with Crippen molar-refractivity contribution in [1.29, 1.82) is 0 Å². The molecule has 7 heteroatoms. The van der Waals surface area contributed by atoms with Crippen molar-refractivity contribution in [2.75, 3.05) is 16.8 Å². The molecule has 0 radical (unpaired) electrons. The van der Waals surface area contributed by atoms with Crippen molar-refractivity contribution in [3.63, 3.8) is 0 Å². The van der Waals surface area contributed by atoms with E-state index in [1.54, 1.807) is 30.5 Å². The number of rotatable bonds is 3. The zero-order chi connectivity index (χ0) is 18.8. The molecule has 4 rings (SSSR count). The fraction of sp³-hybridized carbons (Fsp3) is 0.150. The fourth-order valence-electron chi connectivity index (χ4n) is 3.06. The lowest BCUT2D eigenvalue weighted by atomic mass is 10.0. The van der Waals surface area contributed by atoms with E-state index in [0.717, 1.165) is 19.5 Å². The molecule has 1 N–H and O–H groups in total. The molecule has 1 aliphatic rings. The zero-order valence-electron chi connectivity index (χ0n) is 14.3. The van der Waals surface area contributed by atoms with Crippen molar-refractivity contribution < 1.29 is 4.79 Å². The van der Waals surface area contributed by atoms with E-state index in [1.165, 1.54) is 11.1 Å². The Bertz CT molecular complexity index is 1010. The third-order valence-corrected chi connectivity index (χ3v) is 5.21. The summed E-state index contributed by atoms with van der Waals surface area (Å²) < 4.78 is 0. The Kier molecular flexibility index (Phi) is 4.97. The van der Waals surface area contributed by atoms with Gasteiger partial charge in [-0.25, -0.2) is 9.97 Å². The van der Waals surface area contributed by atoms with Gasteiger partial charge in [0.1, 0.15) is 5.69 Å². The van der Waals surface area contributed by atoms with E-state index < -0.39 is 0 Å². The van der Waals surface area contributed by atoms with Gasteiger partial charge >= 0.3 is 0 Å². The van der Waals surface area contributed by atoms with Crippen molar-refractivity contribution >= 4 is 40.7 Å². The minimum absolute atomic E-state index is 0.296. The van der Waals surface area contributed by atoms with Crippen LogP contribution in [0.5, 0.6) is 0 Å². The van der Waals surface area contributed by atoms with Gasteiger partial charge < -0.3 is 10.2 Å². The topological polar surface area (TPSA) is 58.1 Å². The number of hydrogen-bond acceptors (Lipinski definition) is 4. The molecule has 0 atom stereocenters. The molecule has 5 nitrogen and oxygen atoms in total. The molecular formula is C20H16Cl2N4O. The molecule has 1 amide bonds. The van der Waals surface area contributed by atoms with Crippen LogP contribution in [0.4, 0.5) is 11.6 Å². The number of fused-ring (bicyclic) bond motifs is 1. The van der Waals surface area contributed by atoms with Gasteiger partial charge in [0.25, 0.3) is 5.91 Å². The second-order valence-corrected chi connectivity index (χ2v) is 7.08. The van der Waals surface area contributed by atoms with Crippen LogP contribution in [0.1, 0.15) is 21.6 Å². The average Bonchev–Trinajstić information content (AvgIpc) is 2.70. The van der Waals surface area contributed by atoms with Crippen LogP contribution in [0.15, 0.2) is 54.7 Å². The Morgan fingerprint density at radius 2 is 1.85 bits per heavy atom. The maximum Gasteiger partial charge on any atom is 0.274 e. The Morgan fingerprint density at radius 3 is 2.67 bits per heavy atom. The second-order valence-electron chi connectivity index (χ2n) is 6.27. The van der Waals surface area contributed by atoms with E-state index in [0.29, 0.717) is 27.4 Å². The number of aromatic nitrogens is 2. The molecule has 0 saturated carbocycles. The Morgan fingerprint density at radius 1 is 1.04 bits per heavy atom. The first-order valence-electron chi connectivity index (χ1n) is 8.51. The fourth-order valence-corrected chi connectivity index (χ4v) is 3.36. The predicted molar refractivity (Wildman–Crippen MR) is 108 cm³/mol. The first-order valence-corrected chi connectivity index (χ1v) is 9.27. The molecule has 27 heavy (non-hydrogen) atoms. The zero-order valence-corrected chi connectivity index (χ0v) is 15.8. The van der Waals surface area contributed by atoms with Crippen LogP contribution in [0.25, 0.3) is 0 Å². The largest absolute Gasteiger partial charge is 0.336 e. The maximum atomic E-state index is 12.5. The highest BCUT2D eigenvalue weighted by molar-refractivity contribution is 6.42. The number of hydrogen-bond donors (Lipinski definition) is 1. The number of benzene rings is 2. The monoisotopic (exact) mass is 398 g/mol. The van der Waals surface area contributed by atoms with Gasteiger partial charge in [0.15, 0.2) is 0 Å². The lowest BCUT2D eigenvalue weighted by Crippen LogP contribution is -2.32. The number of nitrogens with one attached hydrogen (secondary N) is 1. The summed E-state index contributed by atoms with van der Waals surface area (Å²) in [7, 11) is 0. The summed E-state index contributed by atoms with van der Waals surface area (Å²) in [6.45, 7) is 1.54. The minimum atomic E-state index is -0.325. The van der Waals surface area contributed by atoms with Crippen molar-refractivity contribution in [2.24, 2.45) is 0 Å². The molecule has 3 aromatic rings. The molecule has 0 unspecified atom stereocenters. The Hall–Kier alpha value is -2.63. The lowest BCUT2D eigenvalue weighted by Gasteiger charge is -2.28. The van der Waals surface area contributed by atoms with Crippen LogP contribution in [-0.4, -0.2) is 22.4 Å². The SMILES string of the molecule is O=C(Nc1ccc(Cl)c(Cl)c1)c1ccnc(N2CCc3ccccc3C2)n1. The number of halogens is 2. The van der Waals surface area contributed by atoms with Crippen LogP contribution in [-0.2, 0) is 13.0 Å². The van der Waals surface area contributed by atoms with E-state index in [-0.39, 0.29) is 5.91 Å². The Balaban J connectivity index is 1.52. The summed E-state index contributed by atoms with van der Waals surface area (Å²) >= 11 is 11.9. The van der Waals surface area contributed by atoms with Crippen molar-refractivity contribution in [2.45, 2.75) is 13.0 Å². The summed E-state index contributed by atoms with van der Waals surface area (Å²) in [5.41, 5.74) is 3.46. The van der Waals surface area contributed by atoms with Gasteiger partial charge in [-0.05, 0) is 41.8 Å². The van der Waals surface area contributed by atoms with Gasteiger partial charge in [0, 0.05) is 25.0 Å². The molecule has 1 aromatic heterocycles. The summed E-state index contributed by atoms with van der Waals surface area (Å²) in [5.74, 6) is 0.223. The van der Waals surface area contributed by atoms with Crippen LogP contribution in [0.2, 0.25) is 10.0 Å². The van der Waals surface area contributed by atoms with E-state index in [1.807, 2.05) is 6.07 Å². The highest BCUT2D eigenvalue weighted by Gasteiger charge is 2.19. The minimum Gasteiger partial charge on any atom is -0.336 e. The quantitative estimate of drug-likeness (QED) is 0.700. The van der Waals surface area contributed by atoms with Crippen LogP contribution in [0.3, 0.4) is 0 Å². The summed E-state index contributed by atoms with van der Waals surface area (Å²) in [5, 5.41) is 3.60. The summed E-state index contributed by atoms with van der Waals surface area (Å²) in [6, 6.07) is 14.9. The molecule has 0 bridgehead atoms. The average molecular weight is 399 g/mol. The smallest absolute Gasteiger partial charge is 0.274 e. The molecule has 0 fully saturated rings. The van der Waals surface area contributed by atoms with Crippen LogP contribution in [0, 0.1) is 0 Å². The first-order chi connectivity index (χ1) is 13.1. The second kappa shape index (κ2) is 7.55. The van der Waals surface area contributed by atoms with Crippen molar-refractivity contribution in [3.05, 3.63) is 81.6 Å². The third kappa shape index (κ3) is 3.89. The number of nitrogens with zero attached hydrogens (tertiary/aromatic N) is 3.